The fraction of sp³-hybridized carbons (Fsp3) is 0.348. The maximum atomic E-state index is 12.3. The monoisotopic (exact) mass is 454 g/mol. The van der Waals surface area contributed by atoms with Gasteiger partial charge in [-0.05, 0) is 23.3 Å². The number of hydrogen-bond acceptors (Lipinski definition) is 7. The summed E-state index contributed by atoms with van der Waals surface area (Å²) >= 11 is 0. The van der Waals surface area contributed by atoms with Crippen molar-refractivity contribution in [1.82, 2.24) is 10.6 Å². The molecule has 0 aliphatic carbocycles. The highest BCUT2D eigenvalue weighted by Crippen LogP contribution is 2.23. The molecule has 2 aliphatic heterocycles. The average molecular weight is 454 g/mol. The first-order chi connectivity index (χ1) is 16.1. The summed E-state index contributed by atoms with van der Waals surface area (Å²) in [6.07, 6.45) is 0.818. The summed E-state index contributed by atoms with van der Waals surface area (Å²) in [6.45, 7) is 1.85. The molecule has 4 rings (SSSR count). The molecule has 1 saturated heterocycles. The van der Waals surface area contributed by atoms with Gasteiger partial charge < -0.3 is 34.9 Å². The summed E-state index contributed by atoms with van der Waals surface area (Å²) in [5, 5.41) is 8.20. The Morgan fingerprint density at radius 2 is 1.97 bits per heavy atom. The Hall–Kier alpha value is -3.79. The van der Waals surface area contributed by atoms with Crippen LogP contribution in [0.4, 0.5) is 15.3 Å². The van der Waals surface area contributed by atoms with Gasteiger partial charge in [-0.15, -0.1) is 0 Å². The van der Waals surface area contributed by atoms with E-state index in [2.05, 4.69) is 20.9 Å². The molecule has 10 heteroatoms. The van der Waals surface area contributed by atoms with Crippen LogP contribution in [0, 0.1) is 0 Å². The molecule has 0 aromatic heterocycles. The van der Waals surface area contributed by atoms with Gasteiger partial charge in [-0.25, -0.2) is 14.6 Å². The first-order valence-corrected chi connectivity index (χ1v) is 10.7. The van der Waals surface area contributed by atoms with Crippen LogP contribution in [0.1, 0.15) is 17.5 Å². The Morgan fingerprint density at radius 3 is 2.73 bits per heavy atom. The molecule has 0 spiro atoms. The maximum Gasteiger partial charge on any atom is 0.407 e. The molecule has 3 N–H and O–H groups in total. The van der Waals surface area contributed by atoms with Crippen molar-refractivity contribution >= 4 is 24.2 Å². The second kappa shape index (κ2) is 11.2. The molecule has 3 amide bonds. The van der Waals surface area contributed by atoms with Crippen LogP contribution in [0.15, 0.2) is 53.5 Å². The number of aliphatic imine (C=N–C) groups is 1. The number of anilines is 1. The van der Waals surface area contributed by atoms with Crippen LogP contribution in [-0.4, -0.2) is 50.6 Å². The zero-order chi connectivity index (χ0) is 22.9. The molecule has 1 unspecified atom stereocenters. The van der Waals surface area contributed by atoms with Gasteiger partial charge in [-0.3, -0.25) is 0 Å². The molecule has 33 heavy (non-hydrogen) atoms. The molecule has 2 heterocycles. The number of nitrogens with one attached hydrogen (secondary N) is 3. The highest BCUT2D eigenvalue weighted by molar-refractivity contribution is 5.90. The molecule has 0 radical (unpaired) electrons. The Balaban J connectivity index is 1.40. The topological polar surface area (TPSA) is 120 Å². The van der Waals surface area contributed by atoms with Crippen LogP contribution < -0.4 is 20.7 Å². The fourth-order valence-corrected chi connectivity index (χ4v) is 3.32. The number of nitrogens with zero attached hydrogens (tertiary/aromatic N) is 1. The zero-order valence-electron chi connectivity index (χ0n) is 18.0. The molecule has 1 fully saturated rings. The van der Waals surface area contributed by atoms with Crippen molar-refractivity contribution in [3.05, 3.63) is 59.7 Å². The standard InChI is InChI=1S/C23H26N4O6/c28-22(27-21-14-31-15-25-21)26-18-8-17(11-24-23(29)33-19-6-7-30-13-19)9-20(10-18)32-12-16-4-2-1-3-5-16/h1-5,8-10,15,19,21H,6-7,11-14H2,(H,24,29)(H2,26,27,28)/t19-,21?/m0/s1. The van der Waals surface area contributed by atoms with E-state index in [1.807, 2.05) is 30.3 Å². The maximum absolute atomic E-state index is 12.3. The normalized spacial score (nSPS) is 18.9. The molecule has 2 aliphatic rings. The fourth-order valence-electron chi connectivity index (χ4n) is 3.32. The number of hydrogen-bond donors (Lipinski definition) is 3. The minimum atomic E-state index is -0.521. The average Bonchev–Trinajstić information content (AvgIpc) is 3.51. The quantitative estimate of drug-likeness (QED) is 0.564. The Kier molecular flexibility index (Phi) is 7.60. The SMILES string of the molecule is O=C(Nc1cc(CNC(=O)O[C@H]2CCOC2)cc(OCc2ccccc2)c1)NC1COC=N1. The van der Waals surface area contributed by atoms with Crippen molar-refractivity contribution in [2.24, 2.45) is 4.99 Å². The summed E-state index contributed by atoms with van der Waals surface area (Å²) in [4.78, 5) is 28.4. The molecular formula is C23H26N4O6. The van der Waals surface area contributed by atoms with E-state index in [4.69, 9.17) is 18.9 Å². The molecular weight excluding hydrogens is 428 g/mol. The Bertz CT molecular complexity index is 978. The summed E-state index contributed by atoms with van der Waals surface area (Å²) in [6, 6.07) is 14.6. The predicted molar refractivity (Wildman–Crippen MR) is 120 cm³/mol. The molecule has 0 saturated carbocycles. The lowest BCUT2D eigenvalue weighted by molar-refractivity contribution is 0.0828. The minimum Gasteiger partial charge on any atom is -0.489 e. The van der Waals surface area contributed by atoms with Crippen molar-refractivity contribution in [2.75, 3.05) is 25.1 Å². The number of carbonyl (C=O) groups is 2. The highest BCUT2D eigenvalue weighted by Gasteiger charge is 2.20. The predicted octanol–water partition coefficient (Wildman–Crippen LogP) is 2.79. The number of ether oxygens (including phenoxy) is 4. The number of alkyl carbamates (subject to hydrolysis) is 1. The van der Waals surface area contributed by atoms with Gasteiger partial charge in [0.2, 0.25) is 0 Å². The number of benzene rings is 2. The van der Waals surface area contributed by atoms with Gasteiger partial charge in [0.1, 0.15) is 25.1 Å². The summed E-state index contributed by atoms with van der Waals surface area (Å²) in [5.74, 6) is 0.549. The van der Waals surface area contributed by atoms with Crippen LogP contribution in [-0.2, 0) is 27.4 Å². The van der Waals surface area contributed by atoms with Crippen LogP contribution in [0.25, 0.3) is 0 Å². The number of rotatable bonds is 8. The van der Waals surface area contributed by atoms with E-state index >= 15 is 0 Å². The molecule has 2 atom stereocenters. The lowest BCUT2D eigenvalue weighted by Gasteiger charge is -2.15. The van der Waals surface area contributed by atoms with Crippen molar-refractivity contribution in [1.29, 1.82) is 0 Å². The molecule has 10 nitrogen and oxygen atoms in total. The number of carbonyl (C=O) groups excluding carboxylic acids is 2. The van der Waals surface area contributed by atoms with Gasteiger partial charge in [0, 0.05) is 24.7 Å². The van der Waals surface area contributed by atoms with Crippen LogP contribution >= 0.6 is 0 Å². The van der Waals surface area contributed by atoms with E-state index in [9.17, 15) is 9.59 Å². The third-order valence-electron chi connectivity index (χ3n) is 4.94. The van der Waals surface area contributed by atoms with Crippen LogP contribution in [0.5, 0.6) is 5.75 Å². The van der Waals surface area contributed by atoms with Gasteiger partial charge in [0.25, 0.3) is 0 Å². The number of amides is 3. The zero-order valence-corrected chi connectivity index (χ0v) is 18.0. The molecule has 2 aromatic rings. The largest absolute Gasteiger partial charge is 0.489 e. The first kappa shape index (κ1) is 22.4. The van der Waals surface area contributed by atoms with Gasteiger partial charge >= 0.3 is 12.1 Å². The van der Waals surface area contributed by atoms with E-state index in [1.165, 1.54) is 6.40 Å². The lowest BCUT2D eigenvalue weighted by Crippen LogP contribution is -2.37. The lowest BCUT2D eigenvalue weighted by atomic mass is 10.2. The second-order valence-corrected chi connectivity index (χ2v) is 7.59. The van der Waals surface area contributed by atoms with Gasteiger partial charge in [0.15, 0.2) is 12.6 Å². The Labute approximate surface area is 191 Å². The molecule has 174 valence electrons. The molecule has 0 bridgehead atoms. The van der Waals surface area contributed by atoms with Crippen LogP contribution in [0.2, 0.25) is 0 Å². The summed E-state index contributed by atoms with van der Waals surface area (Å²) in [7, 11) is 0. The Morgan fingerprint density at radius 1 is 1.09 bits per heavy atom. The van der Waals surface area contributed by atoms with Crippen molar-refractivity contribution < 1.29 is 28.5 Å². The minimum absolute atomic E-state index is 0.200. The van der Waals surface area contributed by atoms with Crippen LogP contribution in [0.3, 0.4) is 0 Å². The highest BCUT2D eigenvalue weighted by atomic mass is 16.6. The first-order valence-electron chi connectivity index (χ1n) is 10.7. The van der Waals surface area contributed by atoms with E-state index < -0.39 is 18.3 Å². The third-order valence-corrected chi connectivity index (χ3v) is 4.94. The van der Waals surface area contributed by atoms with Crippen molar-refractivity contribution in [2.45, 2.75) is 31.8 Å². The summed E-state index contributed by atoms with van der Waals surface area (Å²) < 4.78 is 21.5. The van der Waals surface area contributed by atoms with Crippen molar-refractivity contribution in [3.8, 4) is 5.75 Å². The van der Waals surface area contributed by atoms with Gasteiger partial charge in [0.05, 0.1) is 13.2 Å². The number of urea groups is 1. The van der Waals surface area contributed by atoms with Gasteiger partial charge in [-0.2, -0.15) is 0 Å². The van der Waals surface area contributed by atoms with E-state index in [0.29, 0.717) is 37.7 Å². The van der Waals surface area contributed by atoms with E-state index in [0.717, 1.165) is 11.1 Å². The second-order valence-electron chi connectivity index (χ2n) is 7.59. The smallest absolute Gasteiger partial charge is 0.407 e. The summed E-state index contributed by atoms with van der Waals surface area (Å²) in [5.41, 5.74) is 2.25. The molecule has 2 aromatic carbocycles. The van der Waals surface area contributed by atoms with E-state index in [-0.39, 0.29) is 19.3 Å². The van der Waals surface area contributed by atoms with E-state index in [1.54, 1.807) is 18.2 Å². The third kappa shape index (κ3) is 7.11. The van der Waals surface area contributed by atoms with Crippen molar-refractivity contribution in [3.63, 3.8) is 0 Å². The van der Waals surface area contributed by atoms with Gasteiger partial charge in [-0.1, -0.05) is 30.3 Å².